The highest BCUT2D eigenvalue weighted by Gasteiger charge is 2.33. The lowest BCUT2D eigenvalue weighted by atomic mass is 9.91. The molecule has 0 bridgehead atoms. The molecule has 0 radical (unpaired) electrons. The molecule has 0 atom stereocenters. The average molecular weight is 272 g/mol. The molecule has 1 aromatic carbocycles. The van der Waals surface area contributed by atoms with Crippen molar-refractivity contribution >= 4 is 5.91 Å². The normalized spacial score (nSPS) is 17.1. The third-order valence-corrected chi connectivity index (χ3v) is 3.65. The van der Waals surface area contributed by atoms with Crippen LogP contribution in [0.2, 0.25) is 0 Å². The Kier molecular flexibility index (Phi) is 5.14. The second kappa shape index (κ2) is 7.06. The third-order valence-electron chi connectivity index (χ3n) is 3.65. The first-order chi connectivity index (χ1) is 9.74. The van der Waals surface area contributed by atoms with E-state index in [9.17, 15) is 10.1 Å². The number of carbonyl (C=O) groups excluding carboxylic acids is 1. The Bertz CT molecular complexity index is 473. The predicted octanol–water partition coefficient (Wildman–Crippen LogP) is 2.20. The van der Waals surface area contributed by atoms with Gasteiger partial charge in [0.15, 0.2) is 0 Å². The first-order valence-electron chi connectivity index (χ1n) is 7.08. The fourth-order valence-corrected chi connectivity index (χ4v) is 2.41. The highest BCUT2D eigenvalue weighted by Crippen LogP contribution is 2.20. The number of aryl methyl sites for hydroxylation is 1. The van der Waals surface area contributed by atoms with E-state index < -0.39 is 5.54 Å². The summed E-state index contributed by atoms with van der Waals surface area (Å²) in [6.45, 7) is 1.08. The van der Waals surface area contributed by atoms with Crippen LogP contribution in [0, 0.1) is 11.3 Å². The maximum absolute atomic E-state index is 12.0. The third kappa shape index (κ3) is 4.07. The second-order valence-electron chi connectivity index (χ2n) is 5.19. The van der Waals surface area contributed by atoms with Gasteiger partial charge in [0.1, 0.15) is 5.54 Å². The van der Waals surface area contributed by atoms with Gasteiger partial charge >= 0.3 is 0 Å². The van der Waals surface area contributed by atoms with Crippen LogP contribution in [0.1, 0.15) is 31.2 Å². The lowest BCUT2D eigenvalue weighted by Gasteiger charge is -2.31. The summed E-state index contributed by atoms with van der Waals surface area (Å²) in [6.07, 6.45) is 3.30. The number of rotatable bonds is 5. The van der Waals surface area contributed by atoms with Gasteiger partial charge in [-0.15, -0.1) is 0 Å². The molecule has 1 saturated heterocycles. The van der Waals surface area contributed by atoms with Crippen molar-refractivity contribution in [2.75, 3.05) is 13.2 Å². The van der Waals surface area contributed by atoms with E-state index in [2.05, 4.69) is 23.5 Å². The lowest BCUT2D eigenvalue weighted by molar-refractivity contribution is -0.123. The molecule has 0 aliphatic carbocycles. The molecule has 1 aliphatic heterocycles. The van der Waals surface area contributed by atoms with Gasteiger partial charge in [-0.3, -0.25) is 4.79 Å². The number of carbonyl (C=O) groups is 1. The van der Waals surface area contributed by atoms with Crippen LogP contribution in [0.5, 0.6) is 0 Å². The van der Waals surface area contributed by atoms with E-state index in [1.54, 1.807) is 0 Å². The Balaban J connectivity index is 1.76. The number of nitrogens with zero attached hydrogens (tertiary/aromatic N) is 1. The van der Waals surface area contributed by atoms with E-state index >= 15 is 0 Å². The molecular weight excluding hydrogens is 252 g/mol. The first kappa shape index (κ1) is 14.5. The fourth-order valence-electron chi connectivity index (χ4n) is 2.41. The molecule has 4 heteroatoms. The molecule has 1 amide bonds. The van der Waals surface area contributed by atoms with Crippen molar-refractivity contribution in [3.63, 3.8) is 0 Å². The van der Waals surface area contributed by atoms with Gasteiger partial charge in [0.2, 0.25) is 5.91 Å². The number of hydrogen-bond acceptors (Lipinski definition) is 3. The minimum Gasteiger partial charge on any atom is -0.381 e. The van der Waals surface area contributed by atoms with Crippen LogP contribution in [0.15, 0.2) is 30.3 Å². The van der Waals surface area contributed by atoms with Crippen LogP contribution in [0.3, 0.4) is 0 Å². The van der Waals surface area contributed by atoms with E-state index in [1.165, 1.54) is 5.56 Å². The number of hydrogen-bond donors (Lipinski definition) is 1. The quantitative estimate of drug-likeness (QED) is 0.893. The molecule has 0 unspecified atom stereocenters. The molecule has 1 fully saturated rings. The first-order valence-corrected chi connectivity index (χ1v) is 7.08. The summed E-state index contributed by atoms with van der Waals surface area (Å²) in [6, 6.07) is 12.4. The molecule has 1 aliphatic rings. The molecule has 2 rings (SSSR count). The Labute approximate surface area is 119 Å². The summed E-state index contributed by atoms with van der Waals surface area (Å²) in [7, 11) is 0. The SMILES string of the molecule is N#CC1(NC(=O)CCCc2ccccc2)CCOCC1. The van der Waals surface area contributed by atoms with Crippen molar-refractivity contribution in [2.24, 2.45) is 0 Å². The fraction of sp³-hybridized carbons (Fsp3) is 0.500. The maximum Gasteiger partial charge on any atom is 0.221 e. The van der Waals surface area contributed by atoms with Crippen molar-refractivity contribution in [3.05, 3.63) is 35.9 Å². The van der Waals surface area contributed by atoms with E-state index in [-0.39, 0.29) is 5.91 Å². The highest BCUT2D eigenvalue weighted by atomic mass is 16.5. The van der Waals surface area contributed by atoms with Gasteiger partial charge in [0, 0.05) is 32.5 Å². The van der Waals surface area contributed by atoms with Gasteiger partial charge in [-0.1, -0.05) is 30.3 Å². The van der Waals surface area contributed by atoms with Gasteiger partial charge in [-0.05, 0) is 18.4 Å². The summed E-state index contributed by atoms with van der Waals surface area (Å²) in [5, 5.41) is 12.2. The smallest absolute Gasteiger partial charge is 0.221 e. The standard InChI is InChI=1S/C16H20N2O2/c17-13-16(9-11-20-12-10-16)18-15(19)8-4-7-14-5-2-1-3-6-14/h1-3,5-6H,4,7-12H2,(H,18,19). The van der Waals surface area contributed by atoms with Gasteiger partial charge in [-0.25, -0.2) is 0 Å². The number of nitrogens with one attached hydrogen (secondary N) is 1. The topological polar surface area (TPSA) is 62.1 Å². The largest absolute Gasteiger partial charge is 0.381 e. The van der Waals surface area contributed by atoms with E-state index in [1.807, 2.05) is 18.2 Å². The molecule has 4 nitrogen and oxygen atoms in total. The van der Waals surface area contributed by atoms with Crippen LogP contribution >= 0.6 is 0 Å². The van der Waals surface area contributed by atoms with Gasteiger partial charge in [-0.2, -0.15) is 5.26 Å². The van der Waals surface area contributed by atoms with Gasteiger partial charge in [0.25, 0.3) is 0 Å². The molecule has 1 heterocycles. The Morgan fingerprint density at radius 1 is 1.30 bits per heavy atom. The number of amides is 1. The molecule has 106 valence electrons. The van der Waals surface area contributed by atoms with Crippen molar-refractivity contribution < 1.29 is 9.53 Å². The Morgan fingerprint density at radius 3 is 2.65 bits per heavy atom. The second-order valence-corrected chi connectivity index (χ2v) is 5.19. The molecule has 20 heavy (non-hydrogen) atoms. The lowest BCUT2D eigenvalue weighted by Crippen LogP contribution is -2.50. The summed E-state index contributed by atoms with van der Waals surface area (Å²) in [5.41, 5.74) is 0.517. The summed E-state index contributed by atoms with van der Waals surface area (Å²) in [5.74, 6) is -0.0376. The maximum atomic E-state index is 12.0. The number of nitriles is 1. The predicted molar refractivity (Wildman–Crippen MR) is 75.9 cm³/mol. The highest BCUT2D eigenvalue weighted by molar-refractivity contribution is 5.77. The van der Waals surface area contributed by atoms with Crippen molar-refractivity contribution in [2.45, 2.75) is 37.6 Å². The molecule has 1 aromatic rings. The van der Waals surface area contributed by atoms with Crippen LogP contribution < -0.4 is 5.32 Å². The van der Waals surface area contributed by atoms with Crippen molar-refractivity contribution in [1.82, 2.24) is 5.32 Å². The van der Waals surface area contributed by atoms with E-state index in [0.717, 1.165) is 12.8 Å². The summed E-state index contributed by atoms with van der Waals surface area (Å²) < 4.78 is 5.24. The van der Waals surface area contributed by atoms with Crippen LogP contribution in [0.25, 0.3) is 0 Å². The van der Waals surface area contributed by atoms with Gasteiger partial charge < -0.3 is 10.1 Å². The minimum atomic E-state index is -0.720. The number of benzene rings is 1. The Morgan fingerprint density at radius 2 is 2.00 bits per heavy atom. The monoisotopic (exact) mass is 272 g/mol. The van der Waals surface area contributed by atoms with Crippen LogP contribution in [-0.4, -0.2) is 24.7 Å². The van der Waals surface area contributed by atoms with E-state index in [0.29, 0.717) is 32.5 Å². The molecule has 0 saturated carbocycles. The van der Waals surface area contributed by atoms with Crippen molar-refractivity contribution in [1.29, 1.82) is 5.26 Å². The molecule has 0 aromatic heterocycles. The summed E-state index contributed by atoms with van der Waals surface area (Å²) >= 11 is 0. The molecule has 1 N–H and O–H groups in total. The average Bonchev–Trinajstić information content (AvgIpc) is 2.49. The zero-order valence-electron chi connectivity index (χ0n) is 11.6. The number of ether oxygens (including phenoxy) is 1. The van der Waals surface area contributed by atoms with Crippen molar-refractivity contribution in [3.8, 4) is 6.07 Å². The minimum absolute atomic E-state index is 0.0376. The molecular formula is C16H20N2O2. The Hall–Kier alpha value is -1.86. The van der Waals surface area contributed by atoms with Crippen LogP contribution in [0.4, 0.5) is 0 Å². The van der Waals surface area contributed by atoms with Gasteiger partial charge in [0.05, 0.1) is 6.07 Å². The summed E-state index contributed by atoms with van der Waals surface area (Å²) in [4.78, 5) is 12.0. The zero-order valence-corrected chi connectivity index (χ0v) is 11.6. The van der Waals surface area contributed by atoms with Crippen LogP contribution in [-0.2, 0) is 16.0 Å². The zero-order chi connectivity index (χ0) is 14.3. The molecule has 0 spiro atoms. The van der Waals surface area contributed by atoms with E-state index in [4.69, 9.17) is 4.74 Å².